The van der Waals surface area contributed by atoms with Crippen molar-refractivity contribution in [2.75, 3.05) is 0 Å². The second-order valence-electron chi connectivity index (χ2n) is 5.32. The lowest BCUT2D eigenvalue weighted by atomic mass is 10.2. The van der Waals surface area contributed by atoms with Gasteiger partial charge in [-0.1, -0.05) is 28.7 Å². The Morgan fingerprint density at radius 2 is 2.26 bits per heavy atom. The number of rotatable bonds is 7. The van der Waals surface area contributed by atoms with Gasteiger partial charge in [0.2, 0.25) is 12.2 Å². The molecule has 1 N–H and O–H groups in total. The highest BCUT2D eigenvalue weighted by Gasteiger charge is 2.13. The number of benzene rings is 1. The Labute approximate surface area is 157 Å². The Morgan fingerprint density at radius 3 is 3.00 bits per heavy atom. The molecule has 0 unspecified atom stereocenters. The lowest BCUT2D eigenvalue weighted by Gasteiger charge is -1.98. The molecule has 0 fully saturated rings. The number of aryl methyl sites for hydroxylation is 1. The standard InChI is InChI=1S/C16H13ClN6O4/c17-12-3-1-2-11(8-12)14-5-4-13(27-14)9-19-20-15(24)6-7-22-10-18-16(21-22)23(25)26/h1-5,8-10H,6-7H2,(H,20,24)/b19-9-. The predicted octanol–water partition coefficient (Wildman–Crippen LogP) is 2.64. The molecular formula is C16H13ClN6O4. The van der Waals surface area contributed by atoms with E-state index < -0.39 is 10.9 Å². The predicted molar refractivity (Wildman–Crippen MR) is 96.2 cm³/mol. The average molecular weight is 389 g/mol. The lowest BCUT2D eigenvalue weighted by Crippen LogP contribution is -2.19. The number of nitro groups is 1. The molecule has 27 heavy (non-hydrogen) atoms. The van der Waals surface area contributed by atoms with Gasteiger partial charge in [0.1, 0.15) is 11.5 Å². The van der Waals surface area contributed by atoms with Gasteiger partial charge in [-0.15, -0.1) is 0 Å². The maximum atomic E-state index is 11.7. The molecule has 0 aliphatic heterocycles. The van der Waals surface area contributed by atoms with E-state index in [1.54, 1.807) is 24.3 Å². The Balaban J connectivity index is 1.50. The van der Waals surface area contributed by atoms with Crippen LogP contribution in [0.1, 0.15) is 12.2 Å². The van der Waals surface area contributed by atoms with E-state index in [0.29, 0.717) is 16.5 Å². The third kappa shape index (κ3) is 4.98. The summed E-state index contributed by atoms with van der Waals surface area (Å²) in [5.41, 5.74) is 3.17. The number of amides is 1. The Hall–Kier alpha value is -3.53. The SMILES string of the molecule is O=C(CCn1cnc([N+](=O)[O-])n1)N/N=C\c1ccc(-c2cccc(Cl)c2)o1. The summed E-state index contributed by atoms with van der Waals surface area (Å²) in [7, 11) is 0. The molecule has 138 valence electrons. The van der Waals surface area contributed by atoms with Crippen LogP contribution in [-0.4, -0.2) is 31.8 Å². The van der Waals surface area contributed by atoms with Gasteiger partial charge in [-0.25, -0.2) is 5.43 Å². The number of hydrogen-bond donors (Lipinski definition) is 1. The summed E-state index contributed by atoms with van der Waals surface area (Å²) < 4.78 is 6.83. The van der Waals surface area contributed by atoms with Crippen LogP contribution in [0, 0.1) is 10.1 Å². The number of nitrogens with one attached hydrogen (secondary N) is 1. The van der Waals surface area contributed by atoms with Crippen LogP contribution in [0.5, 0.6) is 0 Å². The second-order valence-corrected chi connectivity index (χ2v) is 5.76. The van der Waals surface area contributed by atoms with Crippen LogP contribution in [0.3, 0.4) is 0 Å². The van der Waals surface area contributed by atoms with E-state index in [0.717, 1.165) is 5.56 Å². The van der Waals surface area contributed by atoms with Gasteiger partial charge in [-0.05, 0) is 29.2 Å². The van der Waals surface area contributed by atoms with Crippen LogP contribution in [0.2, 0.25) is 5.02 Å². The first-order valence-corrected chi connectivity index (χ1v) is 8.10. The zero-order valence-electron chi connectivity index (χ0n) is 13.8. The fourth-order valence-electron chi connectivity index (χ4n) is 2.14. The van der Waals surface area contributed by atoms with Crippen molar-refractivity contribution in [2.45, 2.75) is 13.0 Å². The normalized spacial score (nSPS) is 11.0. The van der Waals surface area contributed by atoms with Gasteiger partial charge in [0.05, 0.1) is 12.8 Å². The monoisotopic (exact) mass is 388 g/mol. The van der Waals surface area contributed by atoms with Gasteiger partial charge in [0.25, 0.3) is 0 Å². The van der Waals surface area contributed by atoms with Gasteiger partial charge in [0.15, 0.2) is 0 Å². The Kier molecular flexibility index (Phi) is 5.57. The topological polar surface area (TPSA) is 128 Å². The van der Waals surface area contributed by atoms with E-state index in [2.05, 4.69) is 20.6 Å². The highest BCUT2D eigenvalue weighted by molar-refractivity contribution is 6.30. The van der Waals surface area contributed by atoms with Crippen LogP contribution in [-0.2, 0) is 11.3 Å². The minimum Gasteiger partial charge on any atom is -0.455 e. The fourth-order valence-corrected chi connectivity index (χ4v) is 2.33. The minimum absolute atomic E-state index is 0.0315. The zero-order valence-corrected chi connectivity index (χ0v) is 14.5. The Morgan fingerprint density at radius 1 is 1.41 bits per heavy atom. The van der Waals surface area contributed by atoms with Gasteiger partial charge in [-0.3, -0.25) is 4.79 Å². The third-order valence-electron chi connectivity index (χ3n) is 3.37. The average Bonchev–Trinajstić information content (AvgIpc) is 3.30. The molecule has 0 aliphatic carbocycles. The summed E-state index contributed by atoms with van der Waals surface area (Å²) in [4.78, 5) is 25.0. The van der Waals surface area contributed by atoms with Crippen LogP contribution >= 0.6 is 11.6 Å². The molecule has 0 aliphatic rings. The summed E-state index contributed by atoms with van der Waals surface area (Å²) >= 11 is 5.95. The maximum absolute atomic E-state index is 11.7. The van der Waals surface area contributed by atoms with E-state index in [-0.39, 0.29) is 18.9 Å². The number of aromatic nitrogens is 3. The number of furan rings is 1. The molecule has 3 aromatic rings. The summed E-state index contributed by atoms with van der Waals surface area (Å²) in [5, 5.41) is 18.5. The van der Waals surface area contributed by atoms with Crippen LogP contribution in [0.4, 0.5) is 5.95 Å². The molecule has 2 heterocycles. The first-order chi connectivity index (χ1) is 13.0. The number of nitrogens with zero attached hydrogens (tertiary/aromatic N) is 5. The van der Waals surface area contributed by atoms with E-state index in [9.17, 15) is 14.9 Å². The van der Waals surface area contributed by atoms with E-state index >= 15 is 0 Å². The van der Waals surface area contributed by atoms with Crippen molar-refractivity contribution in [3.05, 3.63) is 63.6 Å². The van der Waals surface area contributed by atoms with Gasteiger partial charge >= 0.3 is 5.95 Å². The van der Waals surface area contributed by atoms with Crippen molar-refractivity contribution in [2.24, 2.45) is 5.10 Å². The van der Waals surface area contributed by atoms with Crippen LogP contribution in [0.25, 0.3) is 11.3 Å². The summed E-state index contributed by atoms with van der Waals surface area (Å²) in [5.74, 6) is 0.183. The van der Waals surface area contributed by atoms with E-state index in [1.165, 1.54) is 17.2 Å². The fraction of sp³-hybridized carbons (Fsp3) is 0.125. The zero-order chi connectivity index (χ0) is 19.2. The highest BCUT2D eigenvalue weighted by atomic mass is 35.5. The molecular weight excluding hydrogens is 376 g/mol. The molecule has 1 amide bonds. The molecule has 0 spiro atoms. The molecule has 11 heteroatoms. The smallest absolute Gasteiger partial charge is 0.455 e. The number of carbonyl (C=O) groups is 1. The van der Waals surface area contributed by atoms with Gasteiger partial charge < -0.3 is 14.5 Å². The number of carbonyl (C=O) groups excluding carboxylic acids is 1. The number of hydrazone groups is 1. The van der Waals surface area contributed by atoms with Crippen molar-refractivity contribution >= 4 is 29.7 Å². The van der Waals surface area contributed by atoms with Gasteiger partial charge in [0, 0.05) is 22.1 Å². The summed E-state index contributed by atoms with van der Waals surface area (Å²) in [6.45, 7) is 0.141. The number of hydrogen-bond acceptors (Lipinski definition) is 7. The maximum Gasteiger partial charge on any atom is 0.490 e. The molecule has 2 aromatic heterocycles. The van der Waals surface area contributed by atoms with Crippen molar-refractivity contribution in [1.29, 1.82) is 0 Å². The highest BCUT2D eigenvalue weighted by Crippen LogP contribution is 2.24. The van der Waals surface area contributed by atoms with Crippen molar-refractivity contribution in [1.82, 2.24) is 20.2 Å². The quantitative estimate of drug-likeness (QED) is 0.376. The van der Waals surface area contributed by atoms with Crippen LogP contribution in [0.15, 0.2) is 52.2 Å². The van der Waals surface area contributed by atoms with Gasteiger partial charge in [-0.2, -0.15) is 9.78 Å². The van der Waals surface area contributed by atoms with Crippen molar-refractivity contribution in [3.63, 3.8) is 0 Å². The largest absolute Gasteiger partial charge is 0.490 e. The molecule has 0 saturated carbocycles. The molecule has 0 bridgehead atoms. The molecule has 0 atom stereocenters. The summed E-state index contributed by atoms with van der Waals surface area (Å²) in [6.07, 6.45) is 2.59. The van der Waals surface area contributed by atoms with Crippen LogP contribution < -0.4 is 5.43 Å². The minimum atomic E-state index is -0.706. The molecule has 3 rings (SSSR count). The number of halogens is 1. The molecule has 1 aromatic carbocycles. The first-order valence-electron chi connectivity index (χ1n) is 7.73. The molecule has 0 saturated heterocycles. The van der Waals surface area contributed by atoms with Crippen molar-refractivity contribution in [3.8, 4) is 11.3 Å². The van der Waals surface area contributed by atoms with E-state index in [4.69, 9.17) is 16.0 Å². The van der Waals surface area contributed by atoms with E-state index in [1.807, 2.05) is 12.1 Å². The molecule has 10 nitrogen and oxygen atoms in total. The third-order valence-corrected chi connectivity index (χ3v) is 3.61. The molecule has 0 radical (unpaired) electrons. The summed E-state index contributed by atoms with van der Waals surface area (Å²) in [6, 6.07) is 10.7. The lowest BCUT2D eigenvalue weighted by molar-refractivity contribution is -0.394. The Bertz CT molecular complexity index is 996. The first kappa shape index (κ1) is 18.3. The van der Waals surface area contributed by atoms with Crippen molar-refractivity contribution < 1.29 is 14.1 Å². The second kappa shape index (κ2) is 8.23.